The van der Waals surface area contributed by atoms with Crippen LogP contribution in [0.4, 0.5) is 4.79 Å². The van der Waals surface area contributed by atoms with Gasteiger partial charge in [0.2, 0.25) is 5.91 Å². The summed E-state index contributed by atoms with van der Waals surface area (Å²) in [7, 11) is -3.91. The number of amides is 2. The fraction of sp³-hybridized carbons (Fsp3) is 0.500. The number of alkyl carbamates (subject to hydrolysis) is 1. The van der Waals surface area contributed by atoms with Crippen LogP contribution >= 0.6 is 0 Å². The number of carboxylic acid groups (broad SMARTS) is 1. The minimum absolute atomic E-state index is 0.162. The van der Waals surface area contributed by atoms with Crippen LogP contribution in [-0.2, 0) is 28.9 Å². The van der Waals surface area contributed by atoms with Gasteiger partial charge in [0.1, 0.15) is 22.4 Å². The average molecular weight is 627 g/mol. The van der Waals surface area contributed by atoms with Gasteiger partial charge in [-0.25, -0.2) is 18.0 Å². The molecule has 0 aliphatic carbocycles. The van der Waals surface area contributed by atoms with Gasteiger partial charge in [0.25, 0.3) is 0 Å². The number of hydrogen-bond acceptors (Lipinski definition) is 6. The molecule has 1 aliphatic rings. The molecule has 2 aromatic carbocycles. The summed E-state index contributed by atoms with van der Waals surface area (Å²) in [5.74, 6) is -2.10. The van der Waals surface area contributed by atoms with Crippen LogP contribution in [0.2, 0.25) is 0 Å². The number of aliphatic carboxylic acids is 1. The molecule has 1 saturated heterocycles. The zero-order valence-electron chi connectivity index (χ0n) is 26.3. The van der Waals surface area contributed by atoms with Crippen LogP contribution in [0, 0.1) is 0 Å². The highest BCUT2D eigenvalue weighted by Gasteiger charge is 2.57. The molecule has 9 nitrogen and oxygen atoms in total. The third-order valence-electron chi connectivity index (χ3n) is 7.87. The number of carbonyl (C=O) groups excluding carboxylic acids is 2. The summed E-state index contributed by atoms with van der Waals surface area (Å²) in [5.41, 5.74) is 1.47. The molecule has 1 fully saturated rings. The molecule has 0 aromatic heterocycles. The van der Waals surface area contributed by atoms with Gasteiger partial charge in [-0.1, -0.05) is 80.4 Å². The summed E-state index contributed by atoms with van der Waals surface area (Å²) in [4.78, 5) is 40.6. The van der Waals surface area contributed by atoms with Crippen molar-refractivity contribution in [3.63, 3.8) is 0 Å². The summed E-state index contributed by atoms with van der Waals surface area (Å²) >= 11 is 0. The molecule has 0 unspecified atom stereocenters. The zero-order valence-corrected chi connectivity index (χ0v) is 27.1. The molecule has 1 heterocycles. The normalized spacial score (nSPS) is 19.3. The van der Waals surface area contributed by atoms with E-state index in [2.05, 4.69) is 11.9 Å². The molecule has 0 spiro atoms. The zero-order chi connectivity index (χ0) is 32.5. The molecule has 44 heavy (non-hydrogen) atoms. The number of carbonyl (C=O) groups is 3. The van der Waals surface area contributed by atoms with Crippen LogP contribution < -0.4 is 5.32 Å². The molecule has 2 amide bonds. The van der Waals surface area contributed by atoms with Crippen LogP contribution in [-0.4, -0.2) is 66.4 Å². The summed E-state index contributed by atoms with van der Waals surface area (Å²) in [6, 6.07) is 14.2. The fourth-order valence-corrected chi connectivity index (χ4v) is 7.89. The van der Waals surface area contributed by atoms with Gasteiger partial charge in [0.15, 0.2) is 9.84 Å². The van der Waals surface area contributed by atoms with E-state index in [-0.39, 0.29) is 25.1 Å². The summed E-state index contributed by atoms with van der Waals surface area (Å²) in [5, 5.41) is 12.9. The lowest BCUT2D eigenvalue weighted by Gasteiger charge is -2.31. The van der Waals surface area contributed by atoms with E-state index >= 15 is 0 Å². The Kier molecular flexibility index (Phi) is 11.8. The number of hydrogen-bond donors (Lipinski definition) is 2. The van der Waals surface area contributed by atoms with Gasteiger partial charge < -0.3 is 20.1 Å². The largest absolute Gasteiger partial charge is 0.480 e. The summed E-state index contributed by atoms with van der Waals surface area (Å²) in [6.07, 6.45) is 4.34. The Labute approximate surface area is 261 Å². The second kappa shape index (κ2) is 14.9. The maximum Gasteiger partial charge on any atom is 0.408 e. The van der Waals surface area contributed by atoms with Gasteiger partial charge in [-0.3, -0.25) is 4.79 Å². The van der Waals surface area contributed by atoms with Gasteiger partial charge in [-0.05, 0) is 63.1 Å². The Morgan fingerprint density at radius 3 is 2.27 bits per heavy atom. The van der Waals surface area contributed by atoms with Crippen molar-refractivity contribution in [2.24, 2.45) is 0 Å². The Morgan fingerprint density at radius 1 is 1.07 bits per heavy atom. The molecule has 3 rings (SSSR count). The standard InChI is InChI=1S/C34H46N2O7S/c1-6-8-9-10-14-17-28(35-32(40)43-33(3,4)5)30(37)36-24-34(23-29(36)31(38)39,44(41,42)22-7-2)27-20-18-26(19-21-27)25-15-12-11-13-16-25/h6,11-13,15-16,18-21,28-29H,1,7-10,14,17,22-24H2,2-5H3,(H,35,40)(H,38,39)/t28-,29-,34-/m0/s1. The molecule has 0 saturated carbocycles. The molecule has 2 N–H and O–H groups in total. The van der Waals surface area contributed by atoms with Crippen LogP contribution in [0.1, 0.15) is 78.2 Å². The molecule has 10 heteroatoms. The molecule has 0 bridgehead atoms. The molecular weight excluding hydrogens is 580 g/mol. The van der Waals surface area contributed by atoms with Crippen molar-refractivity contribution in [2.75, 3.05) is 12.3 Å². The van der Waals surface area contributed by atoms with Crippen molar-refractivity contribution in [2.45, 2.75) is 95.1 Å². The van der Waals surface area contributed by atoms with E-state index in [1.807, 2.05) is 48.5 Å². The highest BCUT2D eigenvalue weighted by atomic mass is 32.2. The van der Waals surface area contributed by atoms with Crippen LogP contribution in [0.5, 0.6) is 0 Å². The number of nitrogens with one attached hydrogen (secondary N) is 1. The maximum atomic E-state index is 14.1. The number of likely N-dealkylation sites (tertiary alicyclic amines) is 1. The SMILES string of the molecule is C=CCCCCC[C@H](NC(=O)OC(C)(C)C)C(=O)N1C[C@@](c2ccc(-c3ccccc3)cc2)(S(=O)(=O)CCC)C[C@H]1C(=O)O. The van der Waals surface area contributed by atoms with E-state index in [4.69, 9.17) is 4.74 Å². The lowest BCUT2D eigenvalue weighted by Crippen LogP contribution is -2.53. The number of unbranched alkanes of at least 4 members (excludes halogenated alkanes) is 3. The molecule has 3 atom stereocenters. The third-order valence-corrected chi connectivity index (χ3v) is 10.5. The number of allylic oxidation sites excluding steroid dienone is 1. The first-order chi connectivity index (χ1) is 20.7. The van der Waals surface area contributed by atoms with Crippen molar-refractivity contribution >= 4 is 27.8 Å². The number of benzene rings is 2. The van der Waals surface area contributed by atoms with Crippen molar-refractivity contribution in [1.82, 2.24) is 10.2 Å². The maximum absolute atomic E-state index is 14.1. The minimum Gasteiger partial charge on any atom is -0.480 e. The van der Waals surface area contributed by atoms with Crippen molar-refractivity contribution in [3.8, 4) is 11.1 Å². The smallest absolute Gasteiger partial charge is 0.408 e. The first-order valence-electron chi connectivity index (χ1n) is 15.3. The number of nitrogens with zero attached hydrogens (tertiary/aromatic N) is 1. The molecule has 240 valence electrons. The monoisotopic (exact) mass is 626 g/mol. The first-order valence-corrected chi connectivity index (χ1v) is 16.9. The molecule has 1 aliphatic heterocycles. The predicted molar refractivity (Wildman–Crippen MR) is 172 cm³/mol. The van der Waals surface area contributed by atoms with E-state index in [0.29, 0.717) is 18.4 Å². The van der Waals surface area contributed by atoms with Gasteiger partial charge in [0.05, 0.1) is 5.75 Å². The van der Waals surface area contributed by atoms with Crippen LogP contribution in [0.15, 0.2) is 67.3 Å². The van der Waals surface area contributed by atoms with E-state index in [1.54, 1.807) is 39.8 Å². The van der Waals surface area contributed by atoms with Crippen LogP contribution in [0.3, 0.4) is 0 Å². The Bertz CT molecular complexity index is 1400. The Hall–Kier alpha value is -3.66. The second-order valence-corrected chi connectivity index (χ2v) is 14.8. The van der Waals surface area contributed by atoms with Gasteiger partial charge in [-0.2, -0.15) is 0 Å². The quantitative estimate of drug-likeness (QED) is 0.192. The number of carboxylic acids is 1. The molecule has 2 aromatic rings. The summed E-state index contributed by atoms with van der Waals surface area (Å²) < 4.78 is 31.8. The minimum atomic E-state index is -3.91. The highest BCUT2D eigenvalue weighted by Crippen LogP contribution is 2.44. The van der Waals surface area contributed by atoms with Gasteiger partial charge in [-0.15, -0.1) is 6.58 Å². The second-order valence-electron chi connectivity index (χ2n) is 12.4. The van der Waals surface area contributed by atoms with Crippen molar-refractivity contribution < 1.29 is 32.6 Å². The number of rotatable bonds is 14. The van der Waals surface area contributed by atoms with E-state index in [0.717, 1.165) is 35.3 Å². The first kappa shape index (κ1) is 34.8. The lowest BCUT2D eigenvalue weighted by atomic mass is 9.93. The van der Waals surface area contributed by atoms with Gasteiger partial charge in [0, 0.05) is 13.0 Å². The highest BCUT2D eigenvalue weighted by molar-refractivity contribution is 7.92. The predicted octanol–water partition coefficient (Wildman–Crippen LogP) is 6.09. The lowest BCUT2D eigenvalue weighted by molar-refractivity contribution is -0.149. The van der Waals surface area contributed by atoms with Gasteiger partial charge >= 0.3 is 12.1 Å². The summed E-state index contributed by atoms with van der Waals surface area (Å²) in [6.45, 7) is 10.3. The van der Waals surface area contributed by atoms with E-state index in [1.165, 1.54) is 0 Å². The van der Waals surface area contributed by atoms with E-state index < -0.39 is 50.2 Å². The molecular formula is C34H46N2O7S. The van der Waals surface area contributed by atoms with Crippen molar-refractivity contribution in [1.29, 1.82) is 0 Å². The van der Waals surface area contributed by atoms with Crippen molar-refractivity contribution in [3.05, 3.63) is 72.8 Å². The average Bonchev–Trinajstić information content (AvgIpc) is 3.39. The topological polar surface area (TPSA) is 130 Å². The fourth-order valence-electron chi connectivity index (χ4n) is 5.72. The Morgan fingerprint density at radius 2 is 1.70 bits per heavy atom. The number of sulfone groups is 1. The van der Waals surface area contributed by atoms with E-state index in [9.17, 15) is 27.9 Å². The number of ether oxygens (including phenoxy) is 1. The molecule has 0 radical (unpaired) electrons. The third kappa shape index (κ3) is 8.49. The Balaban J connectivity index is 2.01. The van der Waals surface area contributed by atoms with Crippen LogP contribution in [0.25, 0.3) is 11.1 Å².